The van der Waals surface area contributed by atoms with Crippen LogP contribution in [0.1, 0.15) is 33.4 Å². The van der Waals surface area contributed by atoms with Crippen LogP contribution in [0.3, 0.4) is 0 Å². The average molecular weight is 516 g/mol. The quantitative estimate of drug-likeness (QED) is 0.372. The second-order valence-corrected chi connectivity index (χ2v) is 10.2. The first-order chi connectivity index (χ1) is 17.1. The smallest absolute Gasteiger partial charge is 0.270 e. The Hall–Kier alpha value is -3.83. The third-order valence-electron chi connectivity index (χ3n) is 5.64. The Bertz CT molecular complexity index is 1520. The predicted octanol–water partition coefficient (Wildman–Crippen LogP) is 3.37. The summed E-state index contributed by atoms with van der Waals surface area (Å²) in [6.45, 7) is 0.821. The lowest BCUT2D eigenvalue weighted by atomic mass is 10.1. The summed E-state index contributed by atoms with van der Waals surface area (Å²) in [6, 6.07) is 11.7. The lowest BCUT2D eigenvalue weighted by Gasteiger charge is -2.17. The molecule has 11 heteroatoms. The summed E-state index contributed by atoms with van der Waals surface area (Å²) in [4.78, 5) is 17.7. The summed E-state index contributed by atoms with van der Waals surface area (Å²) >= 11 is 0. The van der Waals surface area contributed by atoms with E-state index in [9.17, 15) is 27.1 Å². The molecular weight excluding hydrogens is 492 g/mol. The lowest BCUT2D eigenvalue weighted by Crippen LogP contribution is -2.32. The largest absolute Gasteiger partial charge is 0.485 e. The maximum Gasteiger partial charge on any atom is 0.270 e. The fourth-order valence-electron chi connectivity index (χ4n) is 3.77. The number of aromatic nitrogens is 2. The van der Waals surface area contributed by atoms with Gasteiger partial charge in [-0.15, -0.1) is 0 Å². The monoisotopic (exact) mass is 515 g/mol. The minimum absolute atomic E-state index is 0.120. The molecule has 4 aromatic rings. The van der Waals surface area contributed by atoms with Gasteiger partial charge in [-0.1, -0.05) is 18.2 Å². The van der Waals surface area contributed by atoms with E-state index in [2.05, 4.69) is 10.3 Å². The van der Waals surface area contributed by atoms with Gasteiger partial charge in [0.15, 0.2) is 21.2 Å². The highest BCUT2D eigenvalue weighted by Crippen LogP contribution is 2.25. The number of fused-ring (bicyclic) bond motifs is 1. The molecule has 0 bridgehead atoms. The van der Waals surface area contributed by atoms with Crippen LogP contribution in [0.4, 0.5) is 8.78 Å². The van der Waals surface area contributed by atoms with Crippen molar-refractivity contribution in [2.45, 2.75) is 24.5 Å². The molecule has 0 fully saturated rings. The van der Waals surface area contributed by atoms with Crippen molar-refractivity contribution in [1.82, 2.24) is 14.7 Å². The maximum atomic E-state index is 14.0. The molecule has 1 atom stereocenters. The number of nitrogens with zero attached hydrogens (tertiary/aromatic N) is 2. The van der Waals surface area contributed by atoms with Crippen molar-refractivity contribution in [2.75, 3.05) is 12.9 Å². The predicted molar refractivity (Wildman–Crippen MR) is 127 cm³/mol. The topological polar surface area (TPSA) is 110 Å². The minimum Gasteiger partial charge on any atom is -0.485 e. The van der Waals surface area contributed by atoms with Crippen molar-refractivity contribution in [3.63, 3.8) is 0 Å². The number of aryl methyl sites for hydroxylation is 1. The first-order valence-corrected chi connectivity index (χ1v) is 12.7. The number of halogens is 2. The summed E-state index contributed by atoms with van der Waals surface area (Å²) in [7, 11) is -3.39. The van der Waals surface area contributed by atoms with Crippen molar-refractivity contribution >= 4 is 21.4 Å². The number of imidazole rings is 1. The SMILES string of the molecule is Cc1nc2c(OCc3c(F)cccc3F)cccn2c1C(=O)NC(CO)c1ccc(S(C)(=O)=O)cc1. The third kappa shape index (κ3) is 5.07. The molecule has 0 aliphatic carbocycles. The number of ether oxygens (including phenoxy) is 1. The van der Waals surface area contributed by atoms with Crippen molar-refractivity contribution in [1.29, 1.82) is 0 Å². The van der Waals surface area contributed by atoms with Crippen LogP contribution >= 0.6 is 0 Å². The van der Waals surface area contributed by atoms with Gasteiger partial charge in [-0.3, -0.25) is 9.20 Å². The number of carbonyl (C=O) groups excluding carboxylic acids is 1. The molecule has 0 radical (unpaired) electrons. The summed E-state index contributed by atoms with van der Waals surface area (Å²) in [5, 5.41) is 12.6. The van der Waals surface area contributed by atoms with E-state index in [1.165, 1.54) is 34.7 Å². The van der Waals surface area contributed by atoms with E-state index >= 15 is 0 Å². The van der Waals surface area contributed by atoms with Crippen LogP contribution in [-0.4, -0.2) is 41.7 Å². The van der Waals surface area contributed by atoms with E-state index in [1.807, 2.05) is 0 Å². The van der Waals surface area contributed by atoms with Crippen molar-refractivity contribution in [2.24, 2.45) is 0 Å². The van der Waals surface area contributed by atoms with Gasteiger partial charge in [-0.05, 0) is 48.9 Å². The van der Waals surface area contributed by atoms with Gasteiger partial charge in [-0.2, -0.15) is 0 Å². The molecule has 2 heterocycles. The Morgan fingerprint density at radius 3 is 2.39 bits per heavy atom. The fourth-order valence-corrected chi connectivity index (χ4v) is 4.40. The first-order valence-electron chi connectivity index (χ1n) is 10.8. The van der Waals surface area contributed by atoms with Gasteiger partial charge in [0.2, 0.25) is 0 Å². The lowest BCUT2D eigenvalue weighted by molar-refractivity contribution is 0.0909. The molecule has 0 spiro atoms. The molecule has 188 valence electrons. The standard InChI is InChI=1S/C25H23F2N3O5S/c1-15-23(25(32)29-21(13-31)16-8-10-17(11-9-16)36(2,33)34)30-12-4-7-22(24(30)28-15)35-14-18-19(26)5-3-6-20(18)27/h3-12,21,31H,13-14H2,1-2H3,(H,29,32). The van der Waals surface area contributed by atoms with Gasteiger partial charge in [0.05, 0.1) is 28.8 Å². The highest BCUT2D eigenvalue weighted by Gasteiger charge is 2.23. The van der Waals surface area contributed by atoms with E-state index in [4.69, 9.17) is 4.74 Å². The number of pyridine rings is 1. The average Bonchev–Trinajstić information content (AvgIpc) is 3.18. The van der Waals surface area contributed by atoms with E-state index in [0.717, 1.165) is 18.4 Å². The molecule has 2 aromatic carbocycles. The van der Waals surface area contributed by atoms with Crippen LogP contribution in [0.5, 0.6) is 5.75 Å². The molecular formula is C25H23F2N3O5S. The number of carbonyl (C=O) groups is 1. The van der Waals surface area contributed by atoms with Gasteiger partial charge in [-0.25, -0.2) is 22.2 Å². The molecule has 8 nitrogen and oxygen atoms in total. The van der Waals surface area contributed by atoms with E-state index in [-0.39, 0.29) is 34.2 Å². The van der Waals surface area contributed by atoms with E-state index in [1.54, 1.807) is 25.3 Å². The maximum absolute atomic E-state index is 14.0. The third-order valence-corrected chi connectivity index (χ3v) is 6.76. The number of sulfone groups is 1. The number of nitrogens with one attached hydrogen (secondary N) is 1. The summed E-state index contributed by atoms with van der Waals surface area (Å²) in [5.41, 5.74) is 1.10. The number of hydrogen-bond acceptors (Lipinski definition) is 6. The summed E-state index contributed by atoms with van der Waals surface area (Å²) in [5.74, 6) is -1.79. The summed E-state index contributed by atoms with van der Waals surface area (Å²) < 4.78 is 58.5. The van der Waals surface area contributed by atoms with Crippen molar-refractivity contribution in [3.05, 3.63) is 94.9 Å². The molecule has 0 aliphatic rings. The highest BCUT2D eigenvalue weighted by molar-refractivity contribution is 7.90. The molecule has 36 heavy (non-hydrogen) atoms. The molecule has 0 saturated heterocycles. The van der Waals surface area contributed by atoms with Gasteiger partial charge in [0.1, 0.15) is 23.9 Å². The molecule has 2 aromatic heterocycles. The molecule has 4 rings (SSSR count). The number of hydrogen-bond donors (Lipinski definition) is 2. The number of rotatable bonds is 8. The second kappa shape index (κ2) is 10.0. The Morgan fingerprint density at radius 1 is 1.11 bits per heavy atom. The first kappa shape index (κ1) is 25.3. The zero-order valence-electron chi connectivity index (χ0n) is 19.4. The van der Waals surface area contributed by atoms with Gasteiger partial charge in [0, 0.05) is 12.5 Å². The number of amides is 1. The number of aliphatic hydroxyl groups is 1. The van der Waals surface area contributed by atoms with Crippen LogP contribution in [0.15, 0.2) is 65.7 Å². The van der Waals surface area contributed by atoms with Crippen LogP contribution in [0.25, 0.3) is 5.65 Å². The normalized spacial score (nSPS) is 12.5. The zero-order valence-corrected chi connectivity index (χ0v) is 20.2. The number of aliphatic hydroxyl groups excluding tert-OH is 1. The van der Waals surface area contributed by atoms with Crippen LogP contribution in [0.2, 0.25) is 0 Å². The van der Waals surface area contributed by atoms with Gasteiger partial charge >= 0.3 is 0 Å². The molecule has 2 N–H and O–H groups in total. The molecule has 1 unspecified atom stereocenters. The Balaban J connectivity index is 1.59. The molecule has 1 amide bonds. The van der Waals surface area contributed by atoms with Gasteiger partial charge in [0.25, 0.3) is 5.91 Å². The summed E-state index contributed by atoms with van der Waals surface area (Å²) in [6.07, 6.45) is 2.68. The second-order valence-electron chi connectivity index (χ2n) is 8.15. The minimum atomic E-state index is -3.39. The Morgan fingerprint density at radius 2 is 1.78 bits per heavy atom. The Kier molecular flexibility index (Phi) is 7.04. The van der Waals surface area contributed by atoms with E-state index < -0.39 is 40.0 Å². The van der Waals surface area contributed by atoms with Crippen molar-refractivity contribution < 1.29 is 31.8 Å². The van der Waals surface area contributed by atoms with E-state index in [0.29, 0.717) is 11.3 Å². The zero-order chi connectivity index (χ0) is 26.0. The molecule has 0 aliphatic heterocycles. The van der Waals surface area contributed by atoms with Crippen molar-refractivity contribution in [3.8, 4) is 5.75 Å². The Labute approximate surface area is 206 Å². The van der Waals surface area contributed by atoms with Crippen LogP contribution in [-0.2, 0) is 16.4 Å². The van der Waals surface area contributed by atoms with Crippen LogP contribution < -0.4 is 10.1 Å². The molecule has 0 saturated carbocycles. The van der Waals surface area contributed by atoms with Crippen LogP contribution in [0, 0.1) is 18.6 Å². The van der Waals surface area contributed by atoms with Gasteiger partial charge < -0.3 is 15.2 Å². The highest BCUT2D eigenvalue weighted by atomic mass is 32.2. The number of benzene rings is 2. The fraction of sp³-hybridized carbons (Fsp3) is 0.200.